The molecule has 0 radical (unpaired) electrons. The van der Waals surface area contributed by atoms with E-state index in [2.05, 4.69) is 32.2 Å². The molecular weight excluding hydrogens is 374 g/mol. The summed E-state index contributed by atoms with van der Waals surface area (Å²) in [7, 11) is 0. The van der Waals surface area contributed by atoms with Gasteiger partial charge >= 0.3 is 0 Å². The minimum Gasteiger partial charge on any atom is -0.396 e. The largest absolute Gasteiger partial charge is 0.396 e. The molecule has 1 fully saturated rings. The van der Waals surface area contributed by atoms with E-state index in [9.17, 15) is 9.90 Å². The van der Waals surface area contributed by atoms with Crippen molar-refractivity contribution in [3.8, 4) is 0 Å². The minimum atomic E-state index is -0.462. The molecule has 146 valence electrons. The molecule has 1 unspecified atom stereocenters. The zero-order valence-corrected chi connectivity index (χ0v) is 16.4. The van der Waals surface area contributed by atoms with Crippen LogP contribution in [0.5, 0.6) is 0 Å². The van der Waals surface area contributed by atoms with Crippen molar-refractivity contribution in [2.45, 2.75) is 18.9 Å². The predicted molar refractivity (Wildman–Crippen MR) is 108 cm³/mol. The average molecular weight is 398 g/mol. The van der Waals surface area contributed by atoms with Gasteiger partial charge in [-0.3, -0.25) is 9.69 Å². The number of anilines is 1. The van der Waals surface area contributed by atoms with E-state index in [-0.39, 0.29) is 24.3 Å². The van der Waals surface area contributed by atoms with Crippen molar-refractivity contribution >= 4 is 23.1 Å². The molecule has 4 rings (SSSR count). The summed E-state index contributed by atoms with van der Waals surface area (Å²) in [6.45, 7) is 3.26. The number of aryl methyl sites for hydroxylation is 1. The standard InChI is InChI=1S/C21H23N3O3S/c1-14-9-19(23-27-14)22-21(26)20(15-5-3-2-4-6-15)24-10-17(12-25)18(11-24)16-7-8-28-13-16/h2-9,13,17-18,20,25H,10-12H2,1H3,(H,22,23,26)/t17-,18-,20?/m0/s1. The fraction of sp³-hybridized carbons (Fsp3) is 0.333. The van der Waals surface area contributed by atoms with Crippen LogP contribution in [0.2, 0.25) is 0 Å². The van der Waals surface area contributed by atoms with Crippen molar-refractivity contribution in [3.63, 3.8) is 0 Å². The van der Waals surface area contributed by atoms with Crippen LogP contribution >= 0.6 is 11.3 Å². The lowest BCUT2D eigenvalue weighted by atomic mass is 9.91. The van der Waals surface area contributed by atoms with Crippen molar-refractivity contribution in [2.75, 3.05) is 25.0 Å². The van der Waals surface area contributed by atoms with E-state index in [0.717, 1.165) is 5.56 Å². The molecule has 28 heavy (non-hydrogen) atoms. The van der Waals surface area contributed by atoms with Gasteiger partial charge in [-0.15, -0.1) is 0 Å². The summed E-state index contributed by atoms with van der Waals surface area (Å²) in [6.07, 6.45) is 0. The molecular formula is C21H23N3O3S. The Morgan fingerprint density at radius 1 is 1.36 bits per heavy atom. The van der Waals surface area contributed by atoms with Crippen LogP contribution in [0.1, 0.15) is 28.8 Å². The van der Waals surface area contributed by atoms with Gasteiger partial charge in [-0.1, -0.05) is 35.5 Å². The Labute approximate surface area is 167 Å². The van der Waals surface area contributed by atoms with Crippen LogP contribution in [0.4, 0.5) is 5.82 Å². The highest BCUT2D eigenvalue weighted by atomic mass is 32.1. The molecule has 1 aromatic carbocycles. The third-order valence-electron chi connectivity index (χ3n) is 5.28. The molecule has 2 N–H and O–H groups in total. The van der Waals surface area contributed by atoms with Crippen LogP contribution in [0.25, 0.3) is 0 Å². The van der Waals surface area contributed by atoms with E-state index >= 15 is 0 Å². The second-order valence-electron chi connectivity index (χ2n) is 7.19. The molecule has 0 spiro atoms. The van der Waals surface area contributed by atoms with E-state index in [1.807, 2.05) is 30.3 Å². The summed E-state index contributed by atoms with van der Waals surface area (Å²) >= 11 is 1.66. The maximum Gasteiger partial charge on any atom is 0.247 e. The molecule has 2 aromatic heterocycles. The van der Waals surface area contributed by atoms with Crippen molar-refractivity contribution in [1.29, 1.82) is 0 Å². The van der Waals surface area contributed by atoms with Gasteiger partial charge in [0, 0.05) is 37.6 Å². The molecule has 7 heteroatoms. The summed E-state index contributed by atoms with van der Waals surface area (Å²) in [5.74, 6) is 1.22. The fourth-order valence-corrected chi connectivity index (χ4v) is 4.67. The molecule has 1 saturated heterocycles. The zero-order valence-electron chi connectivity index (χ0n) is 15.6. The number of aromatic nitrogens is 1. The van der Waals surface area contributed by atoms with Gasteiger partial charge in [-0.25, -0.2) is 0 Å². The Morgan fingerprint density at radius 3 is 2.82 bits per heavy atom. The summed E-state index contributed by atoms with van der Waals surface area (Å²) < 4.78 is 5.07. The highest BCUT2D eigenvalue weighted by Gasteiger charge is 2.40. The van der Waals surface area contributed by atoms with Gasteiger partial charge in [0.05, 0.1) is 0 Å². The van der Waals surface area contributed by atoms with Gasteiger partial charge in [0.15, 0.2) is 5.82 Å². The third kappa shape index (κ3) is 3.87. The molecule has 3 aromatic rings. The number of thiophene rings is 1. The average Bonchev–Trinajstić information content (AvgIpc) is 3.44. The van der Waals surface area contributed by atoms with Crippen LogP contribution in [0, 0.1) is 12.8 Å². The van der Waals surface area contributed by atoms with E-state index in [1.54, 1.807) is 24.3 Å². The number of carbonyl (C=O) groups is 1. The number of amides is 1. The first-order valence-electron chi connectivity index (χ1n) is 9.32. The van der Waals surface area contributed by atoms with Crippen LogP contribution in [-0.4, -0.2) is 40.8 Å². The number of hydrogen-bond donors (Lipinski definition) is 2. The van der Waals surface area contributed by atoms with E-state index in [0.29, 0.717) is 24.7 Å². The number of aliphatic hydroxyl groups is 1. The smallest absolute Gasteiger partial charge is 0.247 e. The van der Waals surface area contributed by atoms with Crippen molar-refractivity contribution < 1.29 is 14.4 Å². The van der Waals surface area contributed by atoms with Gasteiger partial charge in [0.1, 0.15) is 11.8 Å². The number of nitrogens with one attached hydrogen (secondary N) is 1. The van der Waals surface area contributed by atoms with E-state index < -0.39 is 6.04 Å². The SMILES string of the molecule is Cc1cc(NC(=O)C(c2ccccc2)N2C[C@@H](CO)[C@H](c3ccsc3)C2)no1. The van der Waals surface area contributed by atoms with E-state index in [4.69, 9.17) is 4.52 Å². The molecule has 1 amide bonds. The van der Waals surface area contributed by atoms with Gasteiger partial charge in [-0.2, -0.15) is 11.3 Å². The van der Waals surface area contributed by atoms with Gasteiger partial charge in [0.25, 0.3) is 0 Å². The number of likely N-dealkylation sites (tertiary alicyclic amines) is 1. The number of carbonyl (C=O) groups excluding carboxylic acids is 1. The number of aliphatic hydroxyl groups excluding tert-OH is 1. The Balaban J connectivity index is 1.61. The molecule has 1 aliphatic heterocycles. The first kappa shape index (κ1) is 18.9. The lowest BCUT2D eigenvalue weighted by Crippen LogP contribution is -2.36. The lowest BCUT2D eigenvalue weighted by molar-refractivity contribution is -0.121. The molecule has 6 nitrogen and oxygen atoms in total. The van der Waals surface area contributed by atoms with Crippen molar-refractivity contribution in [1.82, 2.24) is 10.1 Å². The molecule has 0 aliphatic carbocycles. The van der Waals surface area contributed by atoms with Crippen LogP contribution in [0.3, 0.4) is 0 Å². The molecule has 3 heterocycles. The number of rotatable bonds is 6. The first-order chi connectivity index (χ1) is 13.7. The number of hydrogen-bond acceptors (Lipinski definition) is 6. The lowest BCUT2D eigenvalue weighted by Gasteiger charge is -2.27. The van der Waals surface area contributed by atoms with E-state index in [1.165, 1.54) is 5.56 Å². The highest BCUT2D eigenvalue weighted by molar-refractivity contribution is 7.08. The summed E-state index contributed by atoms with van der Waals surface area (Å²) in [4.78, 5) is 15.4. The highest BCUT2D eigenvalue weighted by Crippen LogP contribution is 2.38. The molecule has 3 atom stereocenters. The first-order valence-corrected chi connectivity index (χ1v) is 10.3. The normalized spacial score (nSPS) is 20.9. The quantitative estimate of drug-likeness (QED) is 0.666. The Bertz CT molecular complexity index is 910. The van der Waals surface area contributed by atoms with Gasteiger partial charge < -0.3 is 14.9 Å². The van der Waals surface area contributed by atoms with Crippen LogP contribution in [0.15, 0.2) is 57.7 Å². The maximum atomic E-state index is 13.2. The number of benzene rings is 1. The van der Waals surface area contributed by atoms with Crippen molar-refractivity contribution in [2.24, 2.45) is 5.92 Å². The maximum absolute atomic E-state index is 13.2. The molecule has 0 saturated carbocycles. The second-order valence-corrected chi connectivity index (χ2v) is 7.97. The topological polar surface area (TPSA) is 78.6 Å². The summed E-state index contributed by atoms with van der Waals surface area (Å²) in [5, 5.41) is 20.9. The summed E-state index contributed by atoms with van der Waals surface area (Å²) in [6, 6.07) is 13.1. The zero-order chi connectivity index (χ0) is 19.5. The second kappa shape index (κ2) is 8.26. The van der Waals surface area contributed by atoms with Crippen molar-refractivity contribution in [3.05, 3.63) is 70.1 Å². The summed E-state index contributed by atoms with van der Waals surface area (Å²) in [5.41, 5.74) is 2.15. The molecule has 1 aliphatic rings. The fourth-order valence-electron chi connectivity index (χ4n) is 3.95. The Morgan fingerprint density at radius 2 is 2.18 bits per heavy atom. The Hall–Kier alpha value is -2.48. The van der Waals surface area contributed by atoms with Gasteiger partial charge in [-0.05, 0) is 34.9 Å². The third-order valence-corrected chi connectivity index (χ3v) is 5.98. The molecule has 0 bridgehead atoms. The number of nitrogens with zero attached hydrogens (tertiary/aromatic N) is 2. The van der Waals surface area contributed by atoms with Gasteiger partial charge in [0.2, 0.25) is 5.91 Å². The predicted octanol–water partition coefficient (Wildman–Crippen LogP) is 3.43. The Kier molecular flexibility index (Phi) is 5.57. The minimum absolute atomic E-state index is 0.0998. The monoisotopic (exact) mass is 397 g/mol. The van der Waals surface area contributed by atoms with Crippen LogP contribution < -0.4 is 5.32 Å². The van der Waals surface area contributed by atoms with Crippen LogP contribution in [-0.2, 0) is 4.79 Å².